The van der Waals surface area contributed by atoms with Crippen molar-refractivity contribution in [2.24, 2.45) is 0 Å². The lowest BCUT2D eigenvalue weighted by molar-refractivity contribution is 0.625. The minimum absolute atomic E-state index is 0.0317. The van der Waals surface area contributed by atoms with Crippen LogP contribution < -0.4 is 0 Å². The highest BCUT2D eigenvalue weighted by atomic mass is 35.5. The average molecular weight is 250 g/mol. The molecule has 17 heavy (non-hydrogen) atoms. The molecular formula is C13H6ClF2N. The van der Waals surface area contributed by atoms with Crippen LogP contribution in [0.2, 0.25) is 5.02 Å². The molecule has 0 saturated carbocycles. The molecular weight excluding hydrogens is 244 g/mol. The number of rotatable bonds is 1. The quantitative estimate of drug-likeness (QED) is 0.745. The lowest BCUT2D eigenvalue weighted by atomic mass is 10.00. The van der Waals surface area contributed by atoms with Crippen LogP contribution in [0.25, 0.3) is 11.1 Å². The van der Waals surface area contributed by atoms with Crippen LogP contribution in [-0.2, 0) is 0 Å². The molecule has 4 heteroatoms. The molecule has 0 aliphatic heterocycles. The van der Waals surface area contributed by atoms with Gasteiger partial charge in [-0.3, -0.25) is 0 Å². The van der Waals surface area contributed by atoms with Crippen LogP contribution in [0.5, 0.6) is 0 Å². The fourth-order valence-electron chi connectivity index (χ4n) is 1.56. The number of hydrogen-bond donors (Lipinski definition) is 0. The van der Waals surface area contributed by atoms with Gasteiger partial charge in [-0.25, -0.2) is 8.78 Å². The molecule has 2 aromatic carbocycles. The molecule has 0 bridgehead atoms. The van der Waals surface area contributed by atoms with E-state index >= 15 is 0 Å². The second-order valence-electron chi connectivity index (χ2n) is 3.40. The Kier molecular flexibility index (Phi) is 3.08. The molecule has 0 N–H and O–H groups in total. The molecule has 0 radical (unpaired) electrons. The van der Waals surface area contributed by atoms with E-state index in [0.717, 1.165) is 6.07 Å². The van der Waals surface area contributed by atoms with Gasteiger partial charge in [0.2, 0.25) is 0 Å². The molecule has 0 unspecified atom stereocenters. The zero-order valence-corrected chi connectivity index (χ0v) is 9.30. The molecule has 0 aromatic heterocycles. The van der Waals surface area contributed by atoms with Gasteiger partial charge in [0.05, 0.1) is 16.7 Å². The summed E-state index contributed by atoms with van der Waals surface area (Å²) in [5.74, 6) is -1.15. The summed E-state index contributed by atoms with van der Waals surface area (Å²) in [6, 6.07) is 9.92. The molecule has 0 spiro atoms. The molecule has 84 valence electrons. The third-order valence-corrected chi connectivity index (χ3v) is 2.64. The Morgan fingerprint density at radius 1 is 1.06 bits per heavy atom. The van der Waals surface area contributed by atoms with Gasteiger partial charge in [0.1, 0.15) is 11.6 Å². The second kappa shape index (κ2) is 4.52. The number of benzene rings is 2. The third-order valence-electron chi connectivity index (χ3n) is 2.34. The molecule has 2 aromatic rings. The zero-order chi connectivity index (χ0) is 12.4. The van der Waals surface area contributed by atoms with Crippen molar-refractivity contribution in [2.75, 3.05) is 0 Å². The van der Waals surface area contributed by atoms with E-state index in [-0.39, 0.29) is 16.1 Å². The van der Waals surface area contributed by atoms with Gasteiger partial charge in [0.15, 0.2) is 0 Å². The number of hydrogen-bond acceptors (Lipinski definition) is 1. The van der Waals surface area contributed by atoms with Crippen LogP contribution in [0.4, 0.5) is 8.78 Å². The highest BCUT2D eigenvalue weighted by Gasteiger charge is 2.12. The number of nitrogens with zero attached hydrogens (tertiary/aromatic N) is 1. The van der Waals surface area contributed by atoms with Crippen LogP contribution >= 0.6 is 11.6 Å². The van der Waals surface area contributed by atoms with E-state index in [9.17, 15) is 8.78 Å². The van der Waals surface area contributed by atoms with Crippen LogP contribution in [0, 0.1) is 23.0 Å². The molecule has 0 amide bonds. The topological polar surface area (TPSA) is 23.8 Å². The van der Waals surface area contributed by atoms with E-state index < -0.39 is 11.6 Å². The second-order valence-corrected chi connectivity index (χ2v) is 3.81. The summed E-state index contributed by atoms with van der Waals surface area (Å²) in [5, 5.41) is 8.86. The summed E-state index contributed by atoms with van der Waals surface area (Å²) in [5.41, 5.74) is 0.592. The van der Waals surface area contributed by atoms with E-state index in [1.807, 2.05) is 6.07 Å². The fraction of sp³-hybridized carbons (Fsp3) is 0. The van der Waals surface area contributed by atoms with Crippen LogP contribution in [-0.4, -0.2) is 0 Å². The first-order chi connectivity index (χ1) is 8.13. The van der Waals surface area contributed by atoms with E-state index in [0.29, 0.717) is 5.56 Å². The Morgan fingerprint density at radius 2 is 1.82 bits per heavy atom. The predicted molar refractivity (Wildman–Crippen MR) is 61.5 cm³/mol. The van der Waals surface area contributed by atoms with Crippen molar-refractivity contribution in [1.82, 2.24) is 0 Å². The number of halogens is 3. The van der Waals surface area contributed by atoms with Crippen molar-refractivity contribution < 1.29 is 8.78 Å². The van der Waals surface area contributed by atoms with E-state index in [1.165, 1.54) is 24.3 Å². The van der Waals surface area contributed by atoms with E-state index in [1.54, 1.807) is 6.07 Å². The standard InChI is InChI=1S/C13H6ClF2N/c14-12-3-1-2-11(13(12)16)10-5-4-9(15)6-8(10)7-17/h1-6H. The summed E-state index contributed by atoms with van der Waals surface area (Å²) in [6.45, 7) is 0. The largest absolute Gasteiger partial charge is 0.207 e. The summed E-state index contributed by atoms with van der Waals surface area (Å²) < 4.78 is 26.7. The third kappa shape index (κ3) is 2.13. The SMILES string of the molecule is N#Cc1cc(F)ccc1-c1cccc(Cl)c1F. The lowest BCUT2D eigenvalue weighted by Crippen LogP contribution is -1.90. The van der Waals surface area contributed by atoms with Gasteiger partial charge in [0, 0.05) is 11.1 Å². The van der Waals surface area contributed by atoms with Gasteiger partial charge in [0.25, 0.3) is 0 Å². The highest BCUT2D eigenvalue weighted by molar-refractivity contribution is 6.31. The molecule has 0 heterocycles. The maximum Gasteiger partial charge on any atom is 0.149 e. The molecule has 0 aliphatic rings. The van der Waals surface area contributed by atoms with E-state index in [4.69, 9.17) is 16.9 Å². The van der Waals surface area contributed by atoms with Crippen molar-refractivity contribution in [3.63, 3.8) is 0 Å². The summed E-state index contributed by atoms with van der Waals surface area (Å²) in [7, 11) is 0. The Balaban J connectivity index is 2.69. The van der Waals surface area contributed by atoms with Crippen LogP contribution in [0.1, 0.15) is 5.56 Å². The Labute approximate surface area is 102 Å². The normalized spacial score (nSPS) is 10.0. The van der Waals surface area contributed by atoms with Crippen molar-refractivity contribution in [3.8, 4) is 17.2 Å². The Morgan fingerprint density at radius 3 is 2.53 bits per heavy atom. The van der Waals surface area contributed by atoms with Crippen molar-refractivity contribution in [1.29, 1.82) is 5.26 Å². The van der Waals surface area contributed by atoms with Gasteiger partial charge in [-0.15, -0.1) is 0 Å². The molecule has 1 nitrogen and oxygen atoms in total. The fourth-order valence-corrected chi connectivity index (χ4v) is 1.73. The Hall–Kier alpha value is -1.92. The summed E-state index contributed by atoms with van der Waals surface area (Å²) in [4.78, 5) is 0. The average Bonchev–Trinajstić information content (AvgIpc) is 2.33. The minimum Gasteiger partial charge on any atom is -0.207 e. The minimum atomic E-state index is -0.614. The van der Waals surface area contributed by atoms with Gasteiger partial charge in [-0.1, -0.05) is 29.8 Å². The maximum absolute atomic E-state index is 13.8. The van der Waals surface area contributed by atoms with Crippen molar-refractivity contribution in [3.05, 3.63) is 58.6 Å². The van der Waals surface area contributed by atoms with Gasteiger partial charge in [-0.05, 0) is 18.2 Å². The lowest BCUT2D eigenvalue weighted by Gasteiger charge is -2.06. The van der Waals surface area contributed by atoms with Crippen LogP contribution in [0.15, 0.2) is 36.4 Å². The summed E-state index contributed by atoms with van der Waals surface area (Å²) in [6.07, 6.45) is 0. The van der Waals surface area contributed by atoms with Crippen molar-refractivity contribution in [2.45, 2.75) is 0 Å². The monoisotopic (exact) mass is 249 g/mol. The molecule has 0 atom stereocenters. The van der Waals surface area contributed by atoms with Crippen molar-refractivity contribution >= 4 is 11.6 Å². The van der Waals surface area contributed by atoms with Gasteiger partial charge < -0.3 is 0 Å². The molecule has 2 rings (SSSR count). The van der Waals surface area contributed by atoms with Gasteiger partial charge >= 0.3 is 0 Å². The highest BCUT2D eigenvalue weighted by Crippen LogP contribution is 2.30. The maximum atomic E-state index is 13.8. The molecule has 0 aliphatic carbocycles. The first-order valence-electron chi connectivity index (χ1n) is 4.77. The van der Waals surface area contributed by atoms with Crippen LogP contribution in [0.3, 0.4) is 0 Å². The molecule has 0 saturated heterocycles. The number of nitriles is 1. The zero-order valence-electron chi connectivity index (χ0n) is 8.55. The Bertz CT molecular complexity index is 617. The summed E-state index contributed by atoms with van der Waals surface area (Å²) >= 11 is 5.66. The van der Waals surface area contributed by atoms with Gasteiger partial charge in [-0.2, -0.15) is 5.26 Å². The van der Waals surface area contributed by atoms with E-state index in [2.05, 4.69) is 0 Å². The smallest absolute Gasteiger partial charge is 0.149 e. The predicted octanol–water partition coefficient (Wildman–Crippen LogP) is 4.16. The first-order valence-corrected chi connectivity index (χ1v) is 5.15. The first kappa shape index (κ1) is 11.6. The molecule has 0 fully saturated rings.